The summed E-state index contributed by atoms with van der Waals surface area (Å²) in [4.78, 5) is 12.9. The molecule has 0 atom stereocenters. The fourth-order valence-electron chi connectivity index (χ4n) is 3.11. The number of para-hydroxylation sites is 1. The van der Waals surface area contributed by atoms with Gasteiger partial charge in [0.2, 0.25) is 5.91 Å². The molecule has 3 aromatic rings. The summed E-state index contributed by atoms with van der Waals surface area (Å²) in [6.45, 7) is 3.31. The van der Waals surface area contributed by atoms with Crippen LogP contribution in [0.25, 0.3) is 0 Å². The molecule has 3 rings (SSSR count). The van der Waals surface area contributed by atoms with Crippen LogP contribution in [0.5, 0.6) is 0 Å². The maximum atomic E-state index is 13.4. The lowest BCUT2D eigenvalue weighted by Crippen LogP contribution is -2.38. The van der Waals surface area contributed by atoms with Gasteiger partial charge in [-0.25, -0.2) is 8.42 Å². The summed E-state index contributed by atoms with van der Waals surface area (Å²) in [6, 6.07) is 22.5. The molecule has 0 fully saturated rings. The number of carbonyl (C=O) groups excluding carboxylic acids is 1. The smallest absolute Gasteiger partial charge is 0.264 e. The Hall–Kier alpha value is -3.63. The molecule has 0 saturated carbocycles. The number of benzene rings is 3. The lowest BCUT2D eigenvalue weighted by atomic mass is 10.1. The van der Waals surface area contributed by atoms with Gasteiger partial charge in [0.05, 0.1) is 23.1 Å². The van der Waals surface area contributed by atoms with E-state index in [2.05, 4.69) is 11.4 Å². The van der Waals surface area contributed by atoms with Gasteiger partial charge in [-0.2, -0.15) is 5.26 Å². The first-order chi connectivity index (χ1) is 14.8. The van der Waals surface area contributed by atoms with Crippen molar-refractivity contribution in [2.75, 3.05) is 16.2 Å². The SMILES string of the molecule is Cc1ccc(S(=O)(=O)N(CC(=O)Nc2ccc(CC#N)cc2)c2ccccc2C)cc1. The zero-order chi connectivity index (χ0) is 22.4. The molecule has 0 aliphatic carbocycles. The molecule has 31 heavy (non-hydrogen) atoms. The summed E-state index contributed by atoms with van der Waals surface area (Å²) >= 11 is 0. The van der Waals surface area contributed by atoms with Gasteiger partial charge in [0, 0.05) is 5.69 Å². The largest absolute Gasteiger partial charge is 0.325 e. The van der Waals surface area contributed by atoms with E-state index in [-0.39, 0.29) is 17.9 Å². The number of nitrogens with zero attached hydrogens (tertiary/aromatic N) is 2. The van der Waals surface area contributed by atoms with Crippen LogP contribution in [0.3, 0.4) is 0 Å². The number of nitrogens with one attached hydrogen (secondary N) is 1. The van der Waals surface area contributed by atoms with Crippen LogP contribution in [0, 0.1) is 25.2 Å². The van der Waals surface area contributed by atoms with Gasteiger partial charge in [0.25, 0.3) is 10.0 Å². The topological polar surface area (TPSA) is 90.3 Å². The Balaban J connectivity index is 1.90. The van der Waals surface area contributed by atoms with Gasteiger partial charge in [-0.1, -0.05) is 48.0 Å². The fraction of sp³-hybridized carbons (Fsp3) is 0.167. The number of rotatable bonds is 7. The predicted octanol–water partition coefficient (Wildman–Crippen LogP) is 4.20. The van der Waals surface area contributed by atoms with Gasteiger partial charge in [-0.15, -0.1) is 0 Å². The van der Waals surface area contributed by atoms with Gasteiger partial charge < -0.3 is 5.32 Å². The predicted molar refractivity (Wildman–Crippen MR) is 121 cm³/mol. The van der Waals surface area contributed by atoms with Crippen LogP contribution in [-0.4, -0.2) is 20.9 Å². The Kier molecular flexibility index (Phi) is 6.73. The molecular formula is C24H23N3O3S. The number of hydrogen-bond donors (Lipinski definition) is 1. The lowest BCUT2D eigenvalue weighted by Gasteiger charge is -2.25. The number of amides is 1. The molecule has 0 bridgehead atoms. The van der Waals surface area contributed by atoms with Crippen molar-refractivity contribution in [2.45, 2.75) is 25.2 Å². The fourth-order valence-corrected chi connectivity index (χ4v) is 4.59. The first kappa shape index (κ1) is 22.1. The van der Waals surface area contributed by atoms with Gasteiger partial charge >= 0.3 is 0 Å². The molecule has 6 nitrogen and oxygen atoms in total. The maximum Gasteiger partial charge on any atom is 0.264 e. The monoisotopic (exact) mass is 433 g/mol. The van der Waals surface area contributed by atoms with E-state index in [9.17, 15) is 13.2 Å². The minimum Gasteiger partial charge on any atom is -0.325 e. The molecule has 1 N–H and O–H groups in total. The summed E-state index contributed by atoms with van der Waals surface area (Å²) in [7, 11) is -3.96. The zero-order valence-electron chi connectivity index (χ0n) is 17.4. The highest BCUT2D eigenvalue weighted by molar-refractivity contribution is 7.92. The van der Waals surface area contributed by atoms with Crippen molar-refractivity contribution in [3.05, 3.63) is 89.5 Å². The van der Waals surface area contributed by atoms with E-state index >= 15 is 0 Å². The summed E-state index contributed by atoms with van der Waals surface area (Å²) in [5, 5.41) is 11.5. The second-order valence-electron chi connectivity index (χ2n) is 7.19. The maximum absolute atomic E-state index is 13.4. The molecular weight excluding hydrogens is 410 g/mol. The van der Waals surface area contributed by atoms with Crippen molar-refractivity contribution in [1.29, 1.82) is 5.26 Å². The van der Waals surface area contributed by atoms with Gasteiger partial charge in [-0.05, 0) is 55.3 Å². The summed E-state index contributed by atoms with van der Waals surface area (Å²) in [6.07, 6.45) is 0.282. The van der Waals surface area contributed by atoms with Crippen LogP contribution >= 0.6 is 0 Å². The minimum absolute atomic E-state index is 0.120. The van der Waals surface area contributed by atoms with Crippen LogP contribution in [0.1, 0.15) is 16.7 Å². The van der Waals surface area contributed by atoms with Crippen LogP contribution in [0.15, 0.2) is 77.7 Å². The quantitative estimate of drug-likeness (QED) is 0.604. The summed E-state index contributed by atoms with van der Waals surface area (Å²) < 4.78 is 28.0. The molecule has 1 amide bonds. The molecule has 158 valence electrons. The van der Waals surface area contributed by atoms with Gasteiger partial charge in [0.1, 0.15) is 6.54 Å². The van der Waals surface area contributed by atoms with E-state index in [1.165, 1.54) is 0 Å². The van der Waals surface area contributed by atoms with Crippen LogP contribution in [-0.2, 0) is 21.2 Å². The molecule has 0 aliphatic heterocycles. The van der Waals surface area contributed by atoms with E-state index < -0.39 is 15.9 Å². The first-order valence-corrected chi connectivity index (χ1v) is 11.2. The second-order valence-corrected chi connectivity index (χ2v) is 9.05. The van der Waals surface area contributed by atoms with Crippen molar-refractivity contribution in [2.24, 2.45) is 0 Å². The molecule has 3 aromatic carbocycles. The second kappa shape index (κ2) is 9.45. The van der Waals surface area contributed by atoms with E-state index in [1.807, 2.05) is 13.0 Å². The Morgan fingerprint density at radius 2 is 1.61 bits per heavy atom. The Morgan fingerprint density at radius 3 is 2.23 bits per heavy atom. The number of hydrogen-bond acceptors (Lipinski definition) is 4. The van der Waals surface area contributed by atoms with Crippen molar-refractivity contribution >= 4 is 27.3 Å². The van der Waals surface area contributed by atoms with Gasteiger partial charge in [-0.3, -0.25) is 9.10 Å². The Bertz CT molecular complexity index is 1210. The van der Waals surface area contributed by atoms with Crippen LogP contribution < -0.4 is 9.62 Å². The first-order valence-electron chi connectivity index (χ1n) is 9.72. The third kappa shape index (κ3) is 5.30. The van der Waals surface area contributed by atoms with Crippen molar-refractivity contribution in [1.82, 2.24) is 0 Å². The number of aryl methyl sites for hydroxylation is 2. The number of sulfonamides is 1. The Morgan fingerprint density at radius 1 is 0.968 bits per heavy atom. The van der Waals surface area contributed by atoms with Crippen LogP contribution in [0.2, 0.25) is 0 Å². The molecule has 0 unspecified atom stereocenters. The van der Waals surface area contributed by atoms with Gasteiger partial charge in [0.15, 0.2) is 0 Å². The average Bonchev–Trinajstić information content (AvgIpc) is 2.74. The number of nitriles is 1. The minimum atomic E-state index is -3.96. The standard InChI is InChI=1S/C24H23N3O3S/c1-18-7-13-22(14-8-18)31(29,30)27(23-6-4-3-5-19(23)2)17-24(28)26-21-11-9-20(10-12-21)15-16-25/h3-14H,15,17H2,1-2H3,(H,26,28). The number of carbonyl (C=O) groups is 1. The van der Waals surface area contributed by atoms with E-state index in [0.29, 0.717) is 11.4 Å². The molecule has 7 heteroatoms. The van der Waals surface area contributed by atoms with E-state index in [0.717, 1.165) is 21.0 Å². The zero-order valence-corrected chi connectivity index (χ0v) is 18.2. The third-order valence-corrected chi connectivity index (χ3v) is 6.58. The van der Waals surface area contributed by atoms with Crippen molar-refractivity contribution in [3.63, 3.8) is 0 Å². The molecule has 0 radical (unpaired) electrons. The highest BCUT2D eigenvalue weighted by Crippen LogP contribution is 2.27. The number of anilines is 2. The molecule has 0 aromatic heterocycles. The normalized spacial score (nSPS) is 10.9. The average molecular weight is 434 g/mol. The highest BCUT2D eigenvalue weighted by atomic mass is 32.2. The van der Waals surface area contributed by atoms with Crippen molar-refractivity contribution in [3.8, 4) is 6.07 Å². The van der Waals surface area contributed by atoms with Crippen molar-refractivity contribution < 1.29 is 13.2 Å². The highest BCUT2D eigenvalue weighted by Gasteiger charge is 2.28. The Labute approximate surface area is 182 Å². The van der Waals surface area contributed by atoms with Crippen LogP contribution in [0.4, 0.5) is 11.4 Å². The molecule has 0 heterocycles. The summed E-state index contributed by atoms with van der Waals surface area (Å²) in [5.74, 6) is -0.466. The lowest BCUT2D eigenvalue weighted by molar-refractivity contribution is -0.114. The van der Waals surface area contributed by atoms with E-state index in [4.69, 9.17) is 5.26 Å². The molecule has 0 saturated heterocycles. The molecule has 0 spiro atoms. The third-order valence-electron chi connectivity index (χ3n) is 4.80. The molecule has 0 aliphatic rings. The van der Waals surface area contributed by atoms with E-state index in [1.54, 1.807) is 73.7 Å². The summed E-state index contributed by atoms with van der Waals surface area (Å²) in [5.41, 5.74) is 3.50.